The molecule has 0 radical (unpaired) electrons. The predicted molar refractivity (Wildman–Crippen MR) is 100 cm³/mol. The predicted octanol–water partition coefficient (Wildman–Crippen LogP) is 2.97. The highest BCUT2D eigenvalue weighted by Gasteiger charge is 2.18. The van der Waals surface area contributed by atoms with Gasteiger partial charge >= 0.3 is 0 Å². The molecule has 128 valence electrons. The van der Waals surface area contributed by atoms with Gasteiger partial charge in [0, 0.05) is 37.3 Å². The van der Waals surface area contributed by atoms with Gasteiger partial charge in [0.1, 0.15) is 17.5 Å². The van der Waals surface area contributed by atoms with E-state index in [4.69, 9.17) is 11.6 Å². The van der Waals surface area contributed by atoms with Crippen LogP contribution in [0.5, 0.6) is 0 Å². The second-order valence-electron chi connectivity index (χ2n) is 6.47. The zero-order valence-electron chi connectivity index (χ0n) is 14.5. The van der Waals surface area contributed by atoms with Crippen molar-refractivity contribution in [2.75, 3.05) is 43.9 Å². The van der Waals surface area contributed by atoms with Crippen LogP contribution in [0, 0.1) is 6.92 Å². The molecule has 0 bridgehead atoms. The molecule has 2 aromatic rings. The Hall–Kier alpha value is -1.85. The number of aromatic nitrogens is 2. The second kappa shape index (κ2) is 7.36. The number of likely N-dealkylation sites (N-methyl/N-ethyl adjacent to an activating group) is 1. The van der Waals surface area contributed by atoms with Crippen molar-refractivity contribution in [3.05, 3.63) is 46.2 Å². The van der Waals surface area contributed by atoms with E-state index in [2.05, 4.69) is 51.3 Å². The molecule has 0 spiro atoms. The van der Waals surface area contributed by atoms with E-state index in [9.17, 15) is 0 Å². The fraction of sp³-hybridized carbons (Fsp3) is 0.444. The molecule has 3 rings (SSSR count). The first-order valence-electron chi connectivity index (χ1n) is 8.28. The van der Waals surface area contributed by atoms with Gasteiger partial charge in [-0.3, -0.25) is 0 Å². The van der Waals surface area contributed by atoms with Gasteiger partial charge in [0.25, 0.3) is 0 Å². The normalized spacial score (nSPS) is 14.0. The van der Waals surface area contributed by atoms with Crippen LogP contribution in [-0.4, -0.2) is 48.6 Å². The second-order valence-corrected chi connectivity index (χ2v) is 6.91. The van der Waals surface area contributed by atoms with Gasteiger partial charge in [-0.1, -0.05) is 17.7 Å². The van der Waals surface area contributed by atoms with Crippen molar-refractivity contribution in [2.24, 2.45) is 0 Å². The zero-order chi connectivity index (χ0) is 17.1. The van der Waals surface area contributed by atoms with Gasteiger partial charge in [0.05, 0.1) is 0 Å². The highest BCUT2D eigenvalue weighted by molar-refractivity contribution is 6.30. The quantitative estimate of drug-likeness (QED) is 0.902. The summed E-state index contributed by atoms with van der Waals surface area (Å²) in [5, 5.41) is 4.20. The van der Waals surface area contributed by atoms with E-state index in [0.717, 1.165) is 55.1 Å². The third kappa shape index (κ3) is 4.16. The van der Waals surface area contributed by atoms with Crippen molar-refractivity contribution >= 4 is 23.2 Å². The number of anilines is 2. The van der Waals surface area contributed by atoms with E-state index in [1.807, 2.05) is 19.1 Å². The third-order valence-electron chi connectivity index (χ3n) is 4.19. The van der Waals surface area contributed by atoms with E-state index >= 15 is 0 Å². The van der Waals surface area contributed by atoms with Crippen molar-refractivity contribution in [1.29, 1.82) is 0 Å². The highest BCUT2D eigenvalue weighted by Crippen LogP contribution is 2.26. The Morgan fingerprint density at radius 1 is 1.21 bits per heavy atom. The number of rotatable bonds is 5. The molecule has 1 aromatic carbocycles. The Labute approximate surface area is 148 Å². The first-order valence-corrected chi connectivity index (χ1v) is 8.65. The maximum atomic E-state index is 6.10. The molecule has 0 fully saturated rings. The fourth-order valence-electron chi connectivity index (χ4n) is 2.93. The van der Waals surface area contributed by atoms with Crippen LogP contribution in [0.1, 0.15) is 17.0 Å². The first-order chi connectivity index (χ1) is 11.5. The number of fused-ring (bicyclic) bond motifs is 1. The smallest absolute Gasteiger partial charge is 0.134 e. The Balaban J connectivity index is 1.75. The SMILES string of the molecule is Cc1nc(NCCN(C)C)cc(N2CCc3cc(Cl)ccc3C2)n1. The Morgan fingerprint density at radius 3 is 2.83 bits per heavy atom. The highest BCUT2D eigenvalue weighted by atomic mass is 35.5. The Morgan fingerprint density at radius 2 is 2.04 bits per heavy atom. The van der Waals surface area contributed by atoms with Crippen LogP contribution in [0.15, 0.2) is 24.3 Å². The topological polar surface area (TPSA) is 44.3 Å². The lowest BCUT2D eigenvalue weighted by Gasteiger charge is -2.30. The monoisotopic (exact) mass is 345 g/mol. The van der Waals surface area contributed by atoms with Crippen LogP contribution in [0.3, 0.4) is 0 Å². The molecule has 0 amide bonds. The molecule has 5 nitrogen and oxygen atoms in total. The lowest BCUT2D eigenvalue weighted by Crippen LogP contribution is -2.31. The van der Waals surface area contributed by atoms with E-state index in [1.54, 1.807) is 0 Å². The van der Waals surface area contributed by atoms with E-state index in [1.165, 1.54) is 11.1 Å². The van der Waals surface area contributed by atoms with Crippen molar-refractivity contribution < 1.29 is 0 Å². The number of nitrogens with one attached hydrogen (secondary N) is 1. The number of aryl methyl sites for hydroxylation is 1. The van der Waals surface area contributed by atoms with Crippen LogP contribution in [0.2, 0.25) is 5.02 Å². The lowest BCUT2D eigenvalue weighted by molar-refractivity contribution is 0.425. The molecule has 0 saturated heterocycles. The van der Waals surface area contributed by atoms with Crippen LogP contribution < -0.4 is 10.2 Å². The zero-order valence-corrected chi connectivity index (χ0v) is 15.3. The molecule has 2 heterocycles. The summed E-state index contributed by atoms with van der Waals surface area (Å²) in [6.07, 6.45) is 0.988. The summed E-state index contributed by atoms with van der Waals surface area (Å²) in [6, 6.07) is 8.20. The van der Waals surface area contributed by atoms with Crippen LogP contribution in [-0.2, 0) is 13.0 Å². The maximum Gasteiger partial charge on any atom is 0.134 e. The van der Waals surface area contributed by atoms with Gasteiger partial charge in [-0.2, -0.15) is 0 Å². The molecular formula is C18H24ClN5. The fourth-order valence-corrected chi connectivity index (χ4v) is 3.12. The van der Waals surface area contributed by atoms with Crippen molar-refractivity contribution in [3.8, 4) is 0 Å². The van der Waals surface area contributed by atoms with Gasteiger partial charge in [-0.25, -0.2) is 9.97 Å². The minimum atomic E-state index is 0.793. The molecule has 0 unspecified atom stereocenters. The number of hydrogen-bond donors (Lipinski definition) is 1. The molecule has 0 atom stereocenters. The molecule has 24 heavy (non-hydrogen) atoms. The molecule has 1 aliphatic heterocycles. The third-order valence-corrected chi connectivity index (χ3v) is 4.43. The molecule has 1 aromatic heterocycles. The summed E-state index contributed by atoms with van der Waals surface area (Å²) < 4.78 is 0. The molecule has 1 aliphatic rings. The minimum absolute atomic E-state index is 0.793. The minimum Gasteiger partial charge on any atom is -0.369 e. The molecular weight excluding hydrogens is 322 g/mol. The summed E-state index contributed by atoms with van der Waals surface area (Å²) in [5.74, 6) is 2.67. The Bertz CT molecular complexity index is 717. The van der Waals surface area contributed by atoms with Gasteiger partial charge in [0.15, 0.2) is 0 Å². The van der Waals surface area contributed by atoms with Gasteiger partial charge in [-0.05, 0) is 50.7 Å². The molecule has 1 N–H and O–H groups in total. The maximum absolute atomic E-state index is 6.10. The van der Waals surface area contributed by atoms with Gasteiger partial charge in [0.2, 0.25) is 0 Å². The van der Waals surface area contributed by atoms with Crippen LogP contribution in [0.25, 0.3) is 0 Å². The molecule has 0 saturated carbocycles. The average Bonchev–Trinajstić information content (AvgIpc) is 2.53. The van der Waals surface area contributed by atoms with Crippen LogP contribution in [0.4, 0.5) is 11.6 Å². The number of benzene rings is 1. The van der Waals surface area contributed by atoms with E-state index in [-0.39, 0.29) is 0 Å². The average molecular weight is 346 g/mol. The van der Waals surface area contributed by atoms with Crippen molar-refractivity contribution in [2.45, 2.75) is 19.9 Å². The molecule has 6 heteroatoms. The summed E-state index contributed by atoms with van der Waals surface area (Å²) in [5.41, 5.74) is 2.66. The summed E-state index contributed by atoms with van der Waals surface area (Å²) in [4.78, 5) is 13.6. The number of nitrogens with zero attached hydrogens (tertiary/aromatic N) is 4. The van der Waals surface area contributed by atoms with Crippen LogP contribution >= 0.6 is 11.6 Å². The first kappa shape index (κ1) is 17.0. The van der Waals surface area contributed by atoms with E-state index < -0.39 is 0 Å². The Kier molecular flexibility index (Phi) is 5.21. The summed E-state index contributed by atoms with van der Waals surface area (Å²) in [6.45, 7) is 5.58. The number of halogens is 1. The summed E-state index contributed by atoms with van der Waals surface area (Å²) in [7, 11) is 4.13. The van der Waals surface area contributed by atoms with Crippen molar-refractivity contribution in [3.63, 3.8) is 0 Å². The largest absolute Gasteiger partial charge is 0.369 e. The van der Waals surface area contributed by atoms with Crippen molar-refractivity contribution in [1.82, 2.24) is 14.9 Å². The number of hydrogen-bond acceptors (Lipinski definition) is 5. The van der Waals surface area contributed by atoms with Gasteiger partial charge < -0.3 is 15.1 Å². The van der Waals surface area contributed by atoms with Gasteiger partial charge in [-0.15, -0.1) is 0 Å². The summed E-state index contributed by atoms with van der Waals surface area (Å²) >= 11 is 6.10. The lowest BCUT2D eigenvalue weighted by atomic mass is 10.00. The van der Waals surface area contributed by atoms with E-state index in [0.29, 0.717) is 0 Å². The standard InChI is InChI=1S/C18H24ClN5/c1-13-21-17(20-7-9-23(2)3)11-18(22-13)24-8-6-14-10-16(19)5-4-15(14)12-24/h4-5,10-11H,6-9,12H2,1-3H3,(H,20,21,22). The molecule has 0 aliphatic carbocycles.